The molecule has 3 nitrogen and oxygen atoms in total. The standard InChI is InChI=1S/C9H14F2N2O/c10-9(11)3-1-2-6(9)13-7(14)8(12)4-5-8/h6H,1-5,12H2,(H,13,14). The molecular formula is C9H14F2N2O. The number of hydrogen-bond donors (Lipinski definition) is 2. The molecule has 2 rings (SSSR count). The van der Waals surface area contributed by atoms with Gasteiger partial charge in [-0.1, -0.05) is 0 Å². The van der Waals surface area contributed by atoms with Crippen LogP contribution >= 0.6 is 0 Å². The summed E-state index contributed by atoms with van der Waals surface area (Å²) >= 11 is 0. The van der Waals surface area contributed by atoms with E-state index < -0.39 is 23.4 Å². The van der Waals surface area contributed by atoms with E-state index in [9.17, 15) is 13.6 Å². The molecule has 0 aliphatic heterocycles. The average molecular weight is 204 g/mol. The van der Waals surface area contributed by atoms with Gasteiger partial charge < -0.3 is 11.1 Å². The van der Waals surface area contributed by atoms with Crippen LogP contribution < -0.4 is 11.1 Å². The van der Waals surface area contributed by atoms with Crippen LogP contribution in [-0.2, 0) is 4.79 Å². The fourth-order valence-corrected chi connectivity index (χ4v) is 1.77. The van der Waals surface area contributed by atoms with Crippen molar-refractivity contribution < 1.29 is 13.6 Å². The molecule has 14 heavy (non-hydrogen) atoms. The Balaban J connectivity index is 1.94. The molecule has 1 amide bonds. The Labute approximate surface area is 81.0 Å². The summed E-state index contributed by atoms with van der Waals surface area (Å²) in [7, 11) is 0. The van der Waals surface area contributed by atoms with Gasteiger partial charge in [0.25, 0.3) is 5.92 Å². The summed E-state index contributed by atoms with van der Waals surface area (Å²) in [6.07, 6.45) is 1.91. The lowest BCUT2D eigenvalue weighted by Crippen LogP contribution is -2.51. The Morgan fingerprint density at radius 2 is 2.00 bits per heavy atom. The first-order chi connectivity index (χ1) is 6.44. The third-order valence-corrected chi connectivity index (χ3v) is 3.06. The van der Waals surface area contributed by atoms with Crippen LogP contribution in [0.2, 0.25) is 0 Å². The number of amides is 1. The monoisotopic (exact) mass is 204 g/mol. The quantitative estimate of drug-likeness (QED) is 0.698. The van der Waals surface area contributed by atoms with Crippen molar-refractivity contribution in [2.75, 3.05) is 0 Å². The number of rotatable bonds is 2. The number of alkyl halides is 2. The minimum absolute atomic E-state index is 0.129. The summed E-state index contributed by atoms with van der Waals surface area (Å²) in [5.74, 6) is -3.16. The molecule has 3 N–H and O–H groups in total. The lowest BCUT2D eigenvalue weighted by molar-refractivity contribution is -0.126. The molecular weight excluding hydrogens is 190 g/mol. The van der Waals surface area contributed by atoms with Crippen LogP contribution in [-0.4, -0.2) is 23.4 Å². The molecule has 0 aromatic carbocycles. The van der Waals surface area contributed by atoms with Gasteiger partial charge in [-0.3, -0.25) is 4.79 Å². The highest BCUT2D eigenvalue weighted by Gasteiger charge is 2.50. The van der Waals surface area contributed by atoms with Crippen LogP contribution in [0.5, 0.6) is 0 Å². The molecule has 1 unspecified atom stereocenters. The first-order valence-electron chi connectivity index (χ1n) is 4.92. The molecule has 0 heterocycles. The summed E-state index contributed by atoms with van der Waals surface area (Å²) in [6.45, 7) is 0. The van der Waals surface area contributed by atoms with E-state index in [0.717, 1.165) is 0 Å². The first kappa shape index (κ1) is 9.83. The third-order valence-electron chi connectivity index (χ3n) is 3.06. The van der Waals surface area contributed by atoms with E-state index >= 15 is 0 Å². The second-order valence-corrected chi connectivity index (χ2v) is 4.34. The van der Waals surface area contributed by atoms with Crippen LogP contribution in [0.1, 0.15) is 32.1 Å². The third kappa shape index (κ3) is 1.61. The van der Waals surface area contributed by atoms with Gasteiger partial charge in [-0.2, -0.15) is 0 Å². The highest BCUT2D eigenvalue weighted by molar-refractivity contribution is 5.89. The van der Waals surface area contributed by atoms with Crippen molar-refractivity contribution in [3.63, 3.8) is 0 Å². The highest BCUT2D eigenvalue weighted by Crippen LogP contribution is 2.37. The zero-order chi connectivity index (χ0) is 10.4. The second-order valence-electron chi connectivity index (χ2n) is 4.34. The molecule has 2 fully saturated rings. The van der Waals surface area contributed by atoms with Crippen molar-refractivity contribution in [2.45, 2.75) is 49.6 Å². The molecule has 0 bridgehead atoms. The van der Waals surface area contributed by atoms with Gasteiger partial charge in [0, 0.05) is 6.42 Å². The van der Waals surface area contributed by atoms with Crippen LogP contribution in [0, 0.1) is 0 Å². The Bertz CT molecular complexity index is 264. The highest BCUT2D eigenvalue weighted by atomic mass is 19.3. The number of nitrogens with one attached hydrogen (secondary N) is 1. The largest absolute Gasteiger partial charge is 0.346 e. The van der Waals surface area contributed by atoms with Crippen LogP contribution in [0.15, 0.2) is 0 Å². The minimum Gasteiger partial charge on any atom is -0.346 e. The summed E-state index contributed by atoms with van der Waals surface area (Å²) < 4.78 is 26.2. The molecule has 1 atom stereocenters. The maximum Gasteiger partial charge on any atom is 0.267 e. The van der Waals surface area contributed by atoms with Crippen molar-refractivity contribution in [3.8, 4) is 0 Å². The average Bonchev–Trinajstić information content (AvgIpc) is 2.75. The van der Waals surface area contributed by atoms with E-state index in [-0.39, 0.29) is 6.42 Å². The Morgan fingerprint density at radius 3 is 2.43 bits per heavy atom. The summed E-state index contributed by atoms with van der Waals surface area (Å²) in [5, 5.41) is 2.36. The van der Waals surface area contributed by atoms with E-state index in [1.165, 1.54) is 0 Å². The molecule has 2 saturated carbocycles. The second kappa shape index (κ2) is 2.89. The lowest BCUT2D eigenvalue weighted by Gasteiger charge is -2.22. The molecule has 0 aromatic heterocycles. The van der Waals surface area contributed by atoms with Gasteiger partial charge in [0.05, 0.1) is 11.6 Å². The maximum atomic E-state index is 13.1. The fraction of sp³-hybridized carbons (Fsp3) is 0.889. The predicted octanol–water partition coefficient (Wildman–Crippen LogP) is 0.782. The van der Waals surface area contributed by atoms with Crippen molar-refractivity contribution in [3.05, 3.63) is 0 Å². The smallest absolute Gasteiger partial charge is 0.267 e. The zero-order valence-electron chi connectivity index (χ0n) is 7.85. The van der Waals surface area contributed by atoms with Gasteiger partial charge in [-0.25, -0.2) is 8.78 Å². The number of halogens is 2. The Hall–Kier alpha value is -0.710. The van der Waals surface area contributed by atoms with E-state index in [0.29, 0.717) is 25.7 Å². The molecule has 0 radical (unpaired) electrons. The fourth-order valence-electron chi connectivity index (χ4n) is 1.77. The molecule has 5 heteroatoms. The lowest BCUT2D eigenvalue weighted by atomic mass is 10.1. The van der Waals surface area contributed by atoms with E-state index in [1.54, 1.807) is 0 Å². The van der Waals surface area contributed by atoms with Gasteiger partial charge in [-0.05, 0) is 25.7 Å². The van der Waals surface area contributed by atoms with Crippen LogP contribution in [0.3, 0.4) is 0 Å². The summed E-state index contributed by atoms with van der Waals surface area (Å²) in [5.41, 5.74) is 4.75. The normalized spacial score (nSPS) is 32.6. The zero-order valence-corrected chi connectivity index (χ0v) is 7.85. The van der Waals surface area contributed by atoms with Gasteiger partial charge in [0.2, 0.25) is 5.91 Å². The number of hydrogen-bond acceptors (Lipinski definition) is 2. The van der Waals surface area contributed by atoms with Crippen LogP contribution in [0.4, 0.5) is 8.78 Å². The first-order valence-corrected chi connectivity index (χ1v) is 4.92. The number of nitrogens with two attached hydrogens (primary N) is 1. The van der Waals surface area contributed by atoms with Gasteiger partial charge in [0.1, 0.15) is 0 Å². The molecule has 2 aliphatic rings. The van der Waals surface area contributed by atoms with Crippen molar-refractivity contribution in [1.82, 2.24) is 5.32 Å². The Kier molecular flexibility index (Phi) is 2.03. The minimum atomic E-state index is -2.75. The predicted molar refractivity (Wildman–Crippen MR) is 46.9 cm³/mol. The van der Waals surface area contributed by atoms with Gasteiger partial charge in [-0.15, -0.1) is 0 Å². The van der Waals surface area contributed by atoms with E-state index in [4.69, 9.17) is 5.73 Å². The van der Waals surface area contributed by atoms with E-state index in [1.807, 2.05) is 0 Å². The maximum absolute atomic E-state index is 13.1. The van der Waals surface area contributed by atoms with Crippen LogP contribution in [0.25, 0.3) is 0 Å². The molecule has 0 spiro atoms. The summed E-state index contributed by atoms with van der Waals surface area (Å²) in [4.78, 5) is 11.4. The van der Waals surface area contributed by atoms with Gasteiger partial charge in [0.15, 0.2) is 0 Å². The van der Waals surface area contributed by atoms with Crippen molar-refractivity contribution >= 4 is 5.91 Å². The summed E-state index contributed by atoms with van der Waals surface area (Å²) in [6, 6.07) is -1.00. The SMILES string of the molecule is NC1(C(=O)NC2CCCC2(F)F)CC1. The molecule has 0 aromatic rings. The number of carbonyl (C=O) groups excluding carboxylic acids is 1. The molecule has 80 valence electrons. The molecule has 0 saturated heterocycles. The number of carbonyl (C=O) groups is 1. The topological polar surface area (TPSA) is 55.1 Å². The molecule has 2 aliphatic carbocycles. The van der Waals surface area contributed by atoms with Crippen molar-refractivity contribution in [2.24, 2.45) is 5.73 Å². The van der Waals surface area contributed by atoms with Gasteiger partial charge >= 0.3 is 0 Å². The van der Waals surface area contributed by atoms with E-state index in [2.05, 4.69) is 5.32 Å². The Morgan fingerprint density at radius 1 is 1.36 bits per heavy atom. The van der Waals surface area contributed by atoms with Crippen molar-refractivity contribution in [1.29, 1.82) is 0 Å².